The summed E-state index contributed by atoms with van der Waals surface area (Å²) in [5, 5.41) is 12.7. The number of H-pyrrole nitrogens is 1. The number of aromatic nitrogens is 2. The van der Waals surface area contributed by atoms with E-state index >= 15 is 0 Å². The first-order chi connectivity index (χ1) is 13.0. The van der Waals surface area contributed by atoms with Gasteiger partial charge in [0.15, 0.2) is 0 Å². The van der Waals surface area contributed by atoms with Crippen LogP contribution in [0.1, 0.15) is 52.5 Å². The Labute approximate surface area is 156 Å². The Kier molecular flexibility index (Phi) is 4.70. The van der Waals surface area contributed by atoms with Gasteiger partial charge in [0.2, 0.25) is 0 Å². The molecule has 2 aliphatic carbocycles. The molecule has 0 radical (unpaired) electrons. The van der Waals surface area contributed by atoms with Crippen LogP contribution in [0.4, 0.5) is 0 Å². The highest BCUT2D eigenvalue weighted by Gasteiger charge is 2.36. The third kappa shape index (κ3) is 3.47. The van der Waals surface area contributed by atoms with Crippen molar-refractivity contribution in [1.29, 1.82) is 0 Å². The molecule has 4 rings (SSSR count). The second-order valence-corrected chi connectivity index (χ2v) is 7.36. The number of carbonyl (C=O) groups is 1. The lowest BCUT2D eigenvalue weighted by Gasteiger charge is -2.38. The fourth-order valence-corrected chi connectivity index (χ4v) is 3.99. The molecule has 3 N–H and O–H groups in total. The van der Waals surface area contributed by atoms with Crippen molar-refractivity contribution in [1.82, 2.24) is 15.3 Å². The van der Waals surface area contributed by atoms with Crippen molar-refractivity contribution in [2.75, 3.05) is 7.11 Å². The zero-order valence-electron chi connectivity index (χ0n) is 15.2. The van der Waals surface area contributed by atoms with Crippen LogP contribution in [0.2, 0.25) is 0 Å². The second kappa shape index (κ2) is 7.15. The van der Waals surface area contributed by atoms with Gasteiger partial charge in [0.05, 0.1) is 25.5 Å². The van der Waals surface area contributed by atoms with Crippen LogP contribution >= 0.6 is 0 Å². The van der Waals surface area contributed by atoms with E-state index in [2.05, 4.69) is 15.3 Å². The zero-order valence-corrected chi connectivity index (χ0v) is 15.2. The smallest absolute Gasteiger partial charge is 0.261 e. The van der Waals surface area contributed by atoms with E-state index in [1.165, 1.54) is 0 Å². The third-order valence-electron chi connectivity index (χ3n) is 5.57. The van der Waals surface area contributed by atoms with Crippen molar-refractivity contribution >= 4 is 5.91 Å². The number of carbonyl (C=O) groups excluding carboxylic acids is 1. The Morgan fingerprint density at radius 2 is 2.15 bits per heavy atom. The number of nitrogens with zero attached hydrogens (tertiary/aromatic N) is 1. The number of aromatic amines is 1. The SMILES string of the molecule is COc1cncc([C@@H](NC(=O)c2cc3c([nH]c2=O)CCC3)C2CC(O)C2)c1. The van der Waals surface area contributed by atoms with Crippen LogP contribution < -0.4 is 15.6 Å². The predicted octanol–water partition coefficient (Wildman–Crippen LogP) is 1.51. The molecular formula is C20H23N3O4. The molecule has 0 spiro atoms. The molecule has 0 bridgehead atoms. The van der Waals surface area contributed by atoms with E-state index in [1.54, 1.807) is 25.6 Å². The van der Waals surface area contributed by atoms with Crippen molar-refractivity contribution in [3.05, 3.63) is 57.3 Å². The number of pyridine rings is 2. The van der Waals surface area contributed by atoms with Crippen LogP contribution in [0.15, 0.2) is 29.3 Å². The first-order valence-electron chi connectivity index (χ1n) is 9.28. The van der Waals surface area contributed by atoms with E-state index in [1.807, 2.05) is 6.07 Å². The molecule has 1 saturated carbocycles. The lowest BCUT2D eigenvalue weighted by Crippen LogP contribution is -2.42. The Bertz CT molecular complexity index is 918. The van der Waals surface area contributed by atoms with Gasteiger partial charge < -0.3 is 20.1 Å². The molecule has 2 aliphatic rings. The van der Waals surface area contributed by atoms with E-state index in [-0.39, 0.29) is 29.2 Å². The number of methoxy groups -OCH3 is 1. The van der Waals surface area contributed by atoms with Crippen molar-refractivity contribution in [2.45, 2.75) is 44.2 Å². The van der Waals surface area contributed by atoms with Gasteiger partial charge in [0.25, 0.3) is 11.5 Å². The average Bonchev–Trinajstić information content (AvgIpc) is 3.10. The minimum absolute atomic E-state index is 0.0892. The minimum Gasteiger partial charge on any atom is -0.495 e. The Balaban J connectivity index is 1.62. The summed E-state index contributed by atoms with van der Waals surface area (Å²) in [7, 11) is 1.56. The lowest BCUT2D eigenvalue weighted by atomic mass is 9.75. The molecule has 2 aromatic rings. The van der Waals surface area contributed by atoms with Crippen molar-refractivity contribution in [3.8, 4) is 5.75 Å². The number of rotatable bonds is 5. The van der Waals surface area contributed by atoms with Crippen LogP contribution in [0.5, 0.6) is 5.75 Å². The van der Waals surface area contributed by atoms with Crippen LogP contribution in [-0.4, -0.2) is 34.2 Å². The van der Waals surface area contributed by atoms with Gasteiger partial charge in [-0.05, 0) is 61.3 Å². The zero-order chi connectivity index (χ0) is 19.0. The largest absolute Gasteiger partial charge is 0.495 e. The number of aliphatic hydroxyl groups is 1. The van der Waals surface area contributed by atoms with Gasteiger partial charge in [-0.1, -0.05) is 0 Å². The maximum atomic E-state index is 12.9. The first kappa shape index (κ1) is 17.7. The summed E-state index contributed by atoms with van der Waals surface area (Å²) in [6.45, 7) is 0. The molecule has 1 fully saturated rings. The number of fused-ring (bicyclic) bond motifs is 1. The van der Waals surface area contributed by atoms with Gasteiger partial charge in [-0.15, -0.1) is 0 Å². The number of amides is 1. The van der Waals surface area contributed by atoms with Crippen LogP contribution in [0.3, 0.4) is 0 Å². The number of hydrogen-bond donors (Lipinski definition) is 3. The van der Waals surface area contributed by atoms with Gasteiger partial charge in [-0.25, -0.2) is 0 Å². The van der Waals surface area contributed by atoms with E-state index in [9.17, 15) is 14.7 Å². The monoisotopic (exact) mass is 369 g/mol. The van der Waals surface area contributed by atoms with E-state index in [0.717, 1.165) is 36.1 Å². The van der Waals surface area contributed by atoms with Crippen LogP contribution in [0, 0.1) is 5.92 Å². The Morgan fingerprint density at radius 3 is 2.89 bits per heavy atom. The summed E-state index contributed by atoms with van der Waals surface area (Å²) in [6.07, 6.45) is 6.86. The Hall–Kier alpha value is -2.67. The number of nitrogens with one attached hydrogen (secondary N) is 2. The average molecular weight is 369 g/mol. The van der Waals surface area contributed by atoms with E-state index < -0.39 is 5.91 Å². The topological polar surface area (TPSA) is 104 Å². The van der Waals surface area contributed by atoms with Gasteiger partial charge in [0.1, 0.15) is 11.3 Å². The molecule has 142 valence electrons. The van der Waals surface area contributed by atoms with Crippen molar-refractivity contribution in [3.63, 3.8) is 0 Å². The van der Waals surface area contributed by atoms with Crippen LogP contribution in [-0.2, 0) is 12.8 Å². The highest BCUT2D eigenvalue weighted by molar-refractivity contribution is 5.94. The van der Waals surface area contributed by atoms with Gasteiger partial charge in [-0.2, -0.15) is 0 Å². The number of ether oxygens (including phenoxy) is 1. The fourth-order valence-electron chi connectivity index (χ4n) is 3.99. The van der Waals surface area contributed by atoms with Gasteiger partial charge >= 0.3 is 0 Å². The molecule has 1 amide bonds. The molecular weight excluding hydrogens is 346 g/mol. The number of aliphatic hydroxyl groups excluding tert-OH is 1. The molecule has 0 saturated heterocycles. The molecule has 7 heteroatoms. The first-order valence-corrected chi connectivity index (χ1v) is 9.28. The number of aryl methyl sites for hydroxylation is 2. The highest BCUT2D eigenvalue weighted by atomic mass is 16.5. The summed E-state index contributed by atoms with van der Waals surface area (Å²) >= 11 is 0. The number of hydrogen-bond acceptors (Lipinski definition) is 5. The molecule has 7 nitrogen and oxygen atoms in total. The summed E-state index contributed by atoms with van der Waals surface area (Å²) in [6, 6.07) is 3.21. The Morgan fingerprint density at radius 1 is 1.33 bits per heavy atom. The highest BCUT2D eigenvalue weighted by Crippen LogP contribution is 2.38. The standard InChI is InChI=1S/C20H23N3O4/c1-27-15-7-13(9-21-10-15)18(12-5-14(24)6-12)23-20(26)16-8-11-3-2-4-17(11)22-19(16)25/h7-10,12,14,18,24H,2-6H2,1H3,(H,22,25)(H,23,26)/t12?,14?,18-/m0/s1. The molecule has 27 heavy (non-hydrogen) atoms. The van der Waals surface area contributed by atoms with Crippen molar-refractivity contribution in [2.24, 2.45) is 5.92 Å². The lowest BCUT2D eigenvalue weighted by molar-refractivity contribution is 0.0234. The second-order valence-electron chi connectivity index (χ2n) is 7.36. The molecule has 2 heterocycles. The van der Waals surface area contributed by atoms with E-state index in [0.29, 0.717) is 18.6 Å². The maximum Gasteiger partial charge on any atom is 0.261 e. The fraction of sp³-hybridized carbons (Fsp3) is 0.450. The van der Waals surface area contributed by atoms with E-state index in [4.69, 9.17) is 4.74 Å². The molecule has 2 aromatic heterocycles. The van der Waals surface area contributed by atoms with Crippen LogP contribution in [0.25, 0.3) is 0 Å². The third-order valence-corrected chi connectivity index (χ3v) is 5.57. The minimum atomic E-state index is -0.403. The van der Waals surface area contributed by atoms with Gasteiger partial charge in [-0.3, -0.25) is 14.6 Å². The summed E-state index contributed by atoms with van der Waals surface area (Å²) in [5.74, 6) is 0.286. The summed E-state index contributed by atoms with van der Waals surface area (Å²) in [5.41, 5.74) is 2.56. The molecule has 0 aromatic carbocycles. The quantitative estimate of drug-likeness (QED) is 0.741. The molecule has 0 unspecified atom stereocenters. The van der Waals surface area contributed by atoms with Gasteiger partial charge in [0, 0.05) is 11.9 Å². The molecule has 1 atom stereocenters. The predicted molar refractivity (Wildman–Crippen MR) is 98.8 cm³/mol. The summed E-state index contributed by atoms with van der Waals surface area (Å²) < 4.78 is 5.24. The maximum absolute atomic E-state index is 12.9. The molecule has 0 aliphatic heterocycles. The summed E-state index contributed by atoms with van der Waals surface area (Å²) in [4.78, 5) is 32.3. The normalized spacial score (nSPS) is 21.9. The van der Waals surface area contributed by atoms with Crippen molar-refractivity contribution < 1.29 is 14.6 Å².